The van der Waals surface area contributed by atoms with Crippen molar-refractivity contribution >= 4 is 5.97 Å². The van der Waals surface area contributed by atoms with Gasteiger partial charge in [0.25, 0.3) is 0 Å². The van der Waals surface area contributed by atoms with Crippen molar-refractivity contribution in [2.75, 3.05) is 7.11 Å². The molecule has 0 aliphatic rings. The van der Waals surface area contributed by atoms with Gasteiger partial charge in [-0.15, -0.1) is 0 Å². The fourth-order valence-electron chi connectivity index (χ4n) is 2.78. The molecule has 0 bridgehead atoms. The Balaban J connectivity index is 2.49. The molecule has 0 aliphatic carbocycles. The second-order valence-electron chi connectivity index (χ2n) is 6.21. The molecule has 0 spiro atoms. The molecule has 0 saturated carbocycles. The van der Waals surface area contributed by atoms with Crippen LogP contribution in [0.1, 0.15) is 36.5 Å². The molecule has 2 N–H and O–H groups in total. The van der Waals surface area contributed by atoms with Crippen LogP contribution in [0.25, 0.3) is 0 Å². The highest BCUT2D eigenvalue weighted by molar-refractivity contribution is 5.75. The van der Waals surface area contributed by atoms with Crippen LogP contribution in [-0.4, -0.2) is 25.2 Å². The van der Waals surface area contributed by atoms with Gasteiger partial charge in [-0.2, -0.15) is 0 Å². The predicted octanol–water partition coefficient (Wildman–Crippen LogP) is 3.55. The molecule has 0 heterocycles. The molecule has 0 fully saturated rings. The first kappa shape index (κ1) is 18.9. The summed E-state index contributed by atoms with van der Waals surface area (Å²) in [6, 6.07) is 11.6. The molecule has 0 saturated heterocycles. The van der Waals surface area contributed by atoms with E-state index < -0.39 is 18.1 Å². The molecule has 5 heteroatoms. The molecule has 0 amide bonds. The third-order valence-corrected chi connectivity index (χ3v) is 4.11. The minimum Gasteiger partial charge on any atom is -0.496 e. The van der Waals surface area contributed by atoms with Crippen LogP contribution in [0.4, 0.5) is 4.39 Å². The first-order chi connectivity index (χ1) is 11.8. The van der Waals surface area contributed by atoms with Crippen molar-refractivity contribution in [1.82, 2.24) is 0 Å². The Hall–Kier alpha value is -2.40. The second kappa shape index (κ2) is 8.12. The lowest BCUT2D eigenvalue weighted by Gasteiger charge is -2.27. The zero-order chi connectivity index (χ0) is 18.6. The Kier molecular flexibility index (Phi) is 6.15. The summed E-state index contributed by atoms with van der Waals surface area (Å²) in [4.78, 5) is 11.9. The topological polar surface area (TPSA) is 61.5 Å². The number of rotatable bonds is 6. The van der Waals surface area contributed by atoms with E-state index in [0.29, 0.717) is 5.75 Å². The molecule has 2 rings (SSSR count). The lowest BCUT2D eigenvalue weighted by molar-refractivity contribution is -0.150. The van der Waals surface area contributed by atoms with Crippen molar-refractivity contribution in [2.45, 2.75) is 38.8 Å². The van der Waals surface area contributed by atoms with Crippen molar-refractivity contribution in [3.8, 4) is 5.75 Å². The van der Waals surface area contributed by atoms with Gasteiger partial charge in [0, 0.05) is 17.5 Å². The van der Waals surface area contributed by atoms with Gasteiger partial charge in [0.15, 0.2) is 0 Å². The van der Waals surface area contributed by atoms with Gasteiger partial charge in [-0.3, -0.25) is 4.79 Å². The Morgan fingerprint density at radius 1 is 1.12 bits per heavy atom. The summed E-state index contributed by atoms with van der Waals surface area (Å²) in [6.45, 7) is 5.37. The zero-order valence-corrected chi connectivity index (χ0v) is 15.0. The normalized spacial score (nSPS) is 14.5. The van der Waals surface area contributed by atoms with E-state index in [2.05, 4.69) is 0 Å². The molecule has 3 atom stereocenters. The number of carbonyl (C=O) groups is 1. The molecular formula is C20H24FNO3. The maximum atomic E-state index is 13.6. The van der Waals surface area contributed by atoms with E-state index in [0.717, 1.165) is 16.7 Å². The number of nitrogens with two attached hydrogens (primary N) is 1. The first-order valence-corrected chi connectivity index (χ1v) is 8.19. The molecular weight excluding hydrogens is 321 g/mol. The number of methoxy groups -OCH3 is 1. The SMILES string of the molecule is COc1cc(F)ccc1[C@@H](c1ccc(C)cc1)[C@H](C)OC(=O)[C@H](C)N. The molecule has 0 aliphatic heterocycles. The Bertz CT molecular complexity index is 728. The van der Waals surface area contributed by atoms with E-state index in [4.69, 9.17) is 15.2 Å². The van der Waals surface area contributed by atoms with Crippen molar-refractivity contribution in [3.63, 3.8) is 0 Å². The van der Waals surface area contributed by atoms with E-state index in [9.17, 15) is 9.18 Å². The molecule has 0 unspecified atom stereocenters. The van der Waals surface area contributed by atoms with Crippen LogP contribution in [0.2, 0.25) is 0 Å². The summed E-state index contributed by atoms with van der Waals surface area (Å²) in [5, 5.41) is 0. The predicted molar refractivity (Wildman–Crippen MR) is 95.2 cm³/mol. The third-order valence-electron chi connectivity index (χ3n) is 4.11. The Labute approximate surface area is 147 Å². The van der Waals surface area contributed by atoms with Crippen LogP contribution in [0.5, 0.6) is 5.75 Å². The number of benzene rings is 2. The average molecular weight is 345 g/mol. The summed E-state index contributed by atoms with van der Waals surface area (Å²) in [7, 11) is 1.49. The monoisotopic (exact) mass is 345 g/mol. The summed E-state index contributed by atoms with van der Waals surface area (Å²) in [5.41, 5.74) is 8.42. The van der Waals surface area contributed by atoms with Gasteiger partial charge in [-0.25, -0.2) is 4.39 Å². The highest BCUT2D eigenvalue weighted by atomic mass is 19.1. The van der Waals surface area contributed by atoms with Crippen molar-refractivity contribution in [1.29, 1.82) is 0 Å². The average Bonchev–Trinajstić information content (AvgIpc) is 2.57. The van der Waals surface area contributed by atoms with Crippen LogP contribution in [0, 0.1) is 12.7 Å². The van der Waals surface area contributed by atoms with Gasteiger partial charge in [0.2, 0.25) is 0 Å². The number of hydrogen-bond donors (Lipinski definition) is 1. The number of aryl methyl sites for hydroxylation is 1. The van der Waals surface area contributed by atoms with Gasteiger partial charge in [-0.1, -0.05) is 35.9 Å². The standard InChI is InChI=1S/C20H24FNO3/c1-12-5-7-15(8-6-12)19(14(3)25-20(23)13(2)22)17-10-9-16(21)11-18(17)24-4/h5-11,13-14,19H,22H2,1-4H3/t13-,14-,19+/m0/s1. The maximum absolute atomic E-state index is 13.6. The van der Waals surface area contributed by atoms with E-state index in [1.165, 1.54) is 19.2 Å². The van der Waals surface area contributed by atoms with Crippen molar-refractivity contribution in [2.24, 2.45) is 5.73 Å². The second-order valence-corrected chi connectivity index (χ2v) is 6.21. The van der Waals surface area contributed by atoms with Crippen LogP contribution in [-0.2, 0) is 9.53 Å². The van der Waals surface area contributed by atoms with Crippen LogP contribution in [0.3, 0.4) is 0 Å². The summed E-state index contributed by atoms with van der Waals surface area (Å²) >= 11 is 0. The smallest absolute Gasteiger partial charge is 0.322 e. The number of esters is 1. The minimum atomic E-state index is -0.712. The minimum absolute atomic E-state index is 0.307. The molecule has 25 heavy (non-hydrogen) atoms. The van der Waals surface area contributed by atoms with Crippen LogP contribution in [0.15, 0.2) is 42.5 Å². The number of hydrogen-bond acceptors (Lipinski definition) is 4. The number of carbonyl (C=O) groups excluding carboxylic acids is 1. The van der Waals surface area contributed by atoms with Crippen LogP contribution < -0.4 is 10.5 Å². The van der Waals surface area contributed by atoms with Gasteiger partial charge >= 0.3 is 5.97 Å². The summed E-state index contributed by atoms with van der Waals surface area (Å²) < 4.78 is 24.5. The maximum Gasteiger partial charge on any atom is 0.322 e. The van der Waals surface area contributed by atoms with Crippen LogP contribution >= 0.6 is 0 Å². The van der Waals surface area contributed by atoms with Gasteiger partial charge in [0.05, 0.1) is 7.11 Å². The quantitative estimate of drug-likeness (QED) is 0.813. The van der Waals surface area contributed by atoms with Gasteiger partial charge < -0.3 is 15.2 Å². The number of halogens is 1. The highest BCUT2D eigenvalue weighted by Crippen LogP contribution is 2.36. The van der Waals surface area contributed by atoms with E-state index in [1.807, 2.05) is 31.2 Å². The zero-order valence-electron chi connectivity index (χ0n) is 15.0. The van der Waals surface area contributed by atoms with Crippen molar-refractivity contribution < 1.29 is 18.7 Å². The Morgan fingerprint density at radius 2 is 1.76 bits per heavy atom. The molecule has 0 radical (unpaired) electrons. The molecule has 4 nitrogen and oxygen atoms in total. The molecule has 0 aromatic heterocycles. The highest BCUT2D eigenvalue weighted by Gasteiger charge is 2.28. The number of ether oxygens (including phenoxy) is 2. The molecule has 2 aromatic rings. The fraction of sp³-hybridized carbons (Fsp3) is 0.350. The molecule has 134 valence electrons. The van der Waals surface area contributed by atoms with E-state index in [-0.39, 0.29) is 11.7 Å². The van der Waals surface area contributed by atoms with E-state index in [1.54, 1.807) is 19.9 Å². The summed E-state index contributed by atoms with van der Waals surface area (Å²) in [5.74, 6) is -0.762. The van der Waals surface area contributed by atoms with Gasteiger partial charge in [0.1, 0.15) is 23.7 Å². The largest absolute Gasteiger partial charge is 0.496 e. The fourth-order valence-corrected chi connectivity index (χ4v) is 2.78. The van der Waals surface area contributed by atoms with Gasteiger partial charge in [-0.05, 0) is 32.4 Å². The molecule has 2 aromatic carbocycles. The third kappa shape index (κ3) is 4.57. The Morgan fingerprint density at radius 3 is 2.32 bits per heavy atom. The lowest BCUT2D eigenvalue weighted by Crippen LogP contribution is -2.33. The van der Waals surface area contributed by atoms with Crippen molar-refractivity contribution in [3.05, 3.63) is 65.0 Å². The first-order valence-electron chi connectivity index (χ1n) is 8.19. The lowest BCUT2D eigenvalue weighted by atomic mass is 9.86. The summed E-state index contributed by atoms with van der Waals surface area (Å²) in [6.07, 6.45) is -0.499. The van der Waals surface area contributed by atoms with E-state index >= 15 is 0 Å².